The molecule has 0 spiro atoms. The first kappa shape index (κ1) is 11.2. The predicted octanol–water partition coefficient (Wildman–Crippen LogP) is 1.23. The van der Waals surface area contributed by atoms with Gasteiger partial charge in [-0.25, -0.2) is 0 Å². The first-order chi connectivity index (χ1) is 5.57. The van der Waals surface area contributed by atoms with Crippen LogP contribution in [-0.2, 0) is 9.53 Å². The summed E-state index contributed by atoms with van der Waals surface area (Å²) >= 11 is 0. The van der Waals surface area contributed by atoms with E-state index >= 15 is 0 Å². The summed E-state index contributed by atoms with van der Waals surface area (Å²) in [5.74, 6) is -0.324. The minimum atomic E-state index is -0.514. The number of hydrogen-bond acceptors (Lipinski definition) is 3. The Hall–Kier alpha value is -0.830. The van der Waals surface area contributed by atoms with Crippen LogP contribution < -0.4 is 5.73 Å². The lowest BCUT2D eigenvalue weighted by Gasteiger charge is -2.07. The summed E-state index contributed by atoms with van der Waals surface area (Å²) in [6, 6.07) is -0.514. The van der Waals surface area contributed by atoms with E-state index in [1.165, 1.54) is 0 Å². The van der Waals surface area contributed by atoms with E-state index in [4.69, 9.17) is 10.5 Å². The number of rotatable bonds is 4. The molecule has 0 aromatic carbocycles. The fraction of sp³-hybridized carbons (Fsp3) is 0.667. The third-order valence-corrected chi connectivity index (χ3v) is 1.37. The zero-order valence-corrected chi connectivity index (χ0v) is 7.96. The smallest absolute Gasteiger partial charge is 0.323 e. The molecule has 3 heteroatoms. The molecule has 0 aliphatic heterocycles. The van der Waals surface area contributed by atoms with E-state index in [-0.39, 0.29) is 5.97 Å². The lowest BCUT2D eigenvalue weighted by molar-refractivity contribution is -0.144. The van der Waals surface area contributed by atoms with Gasteiger partial charge in [-0.1, -0.05) is 11.6 Å². The molecule has 0 saturated heterocycles. The molecule has 0 bridgehead atoms. The summed E-state index contributed by atoms with van der Waals surface area (Å²) in [4.78, 5) is 11.0. The van der Waals surface area contributed by atoms with Gasteiger partial charge in [-0.15, -0.1) is 0 Å². The second-order valence-corrected chi connectivity index (χ2v) is 2.88. The van der Waals surface area contributed by atoms with Gasteiger partial charge in [-0.05, 0) is 27.2 Å². The minimum Gasteiger partial charge on any atom is -0.465 e. The van der Waals surface area contributed by atoms with E-state index in [9.17, 15) is 4.79 Å². The van der Waals surface area contributed by atoms with Crippen molar-refractivity contribution < 1.29 is 9.53 Å². The molecule has 3 nitrogen and oxygen atoms in total. The van der Waals surface area contributed by atoms with Crippen molar-refractivity contribution in [3.8, 4) is 0 Å². The molecule has 0 saturated carbocycles. The first-order valence-corrected chi connectivity index (χ1v) is 4.13. The van der Waals surface area contributed by atoms with Crippen LogP contribution in [0.3, 0.4) is 0 Å². The van der Waals surface area contributed by atoms with E-state index in [0.717, 1.165) is 5.57 Å². The lowest BCUT2D eigenvalue weighted by atomic mass is 10.2. The van der Waals surface area contributed by atoms with Crippen molar-refractivity contribution >= 4 is 5.97 Å². The highest BCUT2D eigenvalue weighted by molar-refractivity contribution is 5.75. The molecule has 0 radical (unpaired) electrons. The van der Waals surface area contributed by atoms with Crippen LogP contribution >= 0.6 is 0 Å². The van der Waals surface area contributed by atoms with Crippen LogP contribution in [0.5, 0.6) is 0 Å². The number of carbonyl (C=O) groups is 1. The Morgan fingerprint density at radius 3 is 2.58 bits per heavy atom. The summed E-state index contributed by atoms with van der Waals surface area (Å²) in [6.07, 6.45) is 2.49. The summed E-state index contributed by atoms with van der Waals surface area (Å²) in [5, 5.41) is 0. The van der Waals surface area contributed by atoms with Crippen LogP contribution in [0.25, 0.3) is 0 Å². The van der Waals surface area contributed by atoms with Crippen molar-refractivity contribution in [2.45, 2.75) is 33.2 Å². The second kappa shape index (κ2) is 5.77. The van der Waals surface area contributed by atoms with Crippen LogP contribution in [-0.4, -0.2) is 18.6 Å². The van der Waals surface area contributed by atoms with Gasteiger partial charge in [-0.2, -0.15) is 0 Å². The Bertz CT molecular complexity index is 171. The van der Waals surface area contributed by atoms with Gasteiger partial charge in [0.05, 0.1) is 6.61 Å². The molecule has 0 aromatic heterocycles. The van der Waals surface area contributed by atoms with Gasteiger partial charge in [0.1, 0.15) is 6.04 Å². The highest BCUT2D eigenvalue weighted by Gasteiger charge is 2.11. The van der Waals surface area contributed by atoms with Gasteiger partial charge in [-0.3, -0.25) is 4.79 Å². The van der Waals surface area contributed by atoms with E-state index in [2.05, 4.69) is 0 Å². The average molecular weight is 171 g/mol. The standard InChI is InChI=1S/C9H17NO2/c1-4-12-9(11)8(10)6-5-7(2)3/h5,8H,4,6,10H2,1-3H3. The quantitative estimate of drug-likeness (QED) is 0.511. The van der Waals surface area contributed by atoms with E-state index in [0.29, 0.717) is 13.0 Å². The molecule has 70 valence electrons. The van der Waals surface area contributed by atoms with Gasteiger partial charge in [0.2, 0.25) is 0 Å². The minimum absolute atomic E-state index is 0.324. The molecular formula is C9H17NO2. The van der Waals surface area contributed by atoms with Crippen molar-refractivity contribution in [3.05, 3.63) is 11.6 Å². The fourth-order valence-corrected chi connectivity index (χ4v) is 0.708. The number of allylic oxidation sites excluding steroid dienone is 1. The summed E-state index contributed by atoms with van der Waals surface area (Å²) < 4.78 is 4.74. The van der Waals surface area contributed by atoms with Gasteiger partial charge in [0.15, 0.2) is 0 Å². The van der Waals surface area contributed by atoms with Gasteiger partial charge in [0.25, 0.3) is 0 Å². The van der Waals surface area contributed by atoms with Crippen molar-refractivity contribution in [1.29, 1.82) is 0 Å². The second-order valence-electron chi connectivity index (χ2n) is 2.88. The molecule has 0 aromatic rings. The normalized spacial score (nSPS) is 12.0. The van der Waals surface area contributed by atoms with Crippen LogP contribution in [0.2, 0.25) is 0 Å². The summed E-state index contributed by atoms with van der Waals surface area (Å²) in [7, 11) is 0. The molecule has 0 heterocycles. The largest absolute Gasteiger partial charge is 0.465 e. The maximum Gasteiger partial charge on any atom is 0.323 e. The third kappa shape index (κ3) is 4.91. The molecular weight excluding hydrogens is 154 g/mol. The number of nitrogens with two attached hydrogens (primary N) is 1. The number of esters is 1. The van der Waals surface area contributed by atoms with Crippen molar-refractivity contribution in [2.24, 2.45) is 5.73 Å². The average Bonchev–Trinajstić information content (AvgIpc) is 2.00. The monoisotopic (exact) mass is 171 g/mol. The van der Waals surface area contributed by atoms with Crippen molar-refractivity contribution in [2.75, 3.05) is 6.61 Å². The SMILES string of the molecule is CCOC(=O)C(N)CC=C(C)C. The van der Waals surface area contributed by atoms with Crippen molar-refractivity contribution in [3.63, 3.8) is 0 Å². The van der Waals surface area contributed by atoms with Crippen LogP contribution in [0.4, 0.5) is 0 Å². The molecule has 0 aliphatic rings. The van der Waals surface area contributed by atoms with Crippen LogP contribution in [0.15, 0.2) is 11.6 Å². The van der Waals surface area contributed by atoms with E-state index in [1.807, 2.05) is 19.9 Å². The maximum atomic E-state index is 11.0. The molecule has 0 aliphatic carbocycles. The Morgan fingerprint density at radius 1 is 1.58 bits per heavy atom. The first-order valence-electron chi connectivity index (χ1n) is 4.13. The number of hydrogen-bond donors (Lipinski definition) is 1. The highest BCUT2D eigenvalue weighted by atomic mass is 16.5. The number of ether oxygens (including phenoxy) is 1. The molecule has 0 amide bonds. The lowest BCUT2D eigenvalue weighted by Crippen LogP contribution is -2.31. The molecule has 1 unspecified atom stereocenters. The highest BCUT2D eigenvalue weighted by Crippen LogP contribution is 1.98. The Labute approximate surface area is 73.6 Å². The van der Waals surface area contributed by atoms with Gasteiger partial charge in [0, 0.05) is 0 Å². The van der Waals surface area contributed by atoms with Gasteiger partial charge >= 0.3 is 5.97 Å². The number of carbonyl (C=O) groups excluding carboxylic acids is 1. The van der Waals surface area contributed by atoms with Crippen molar-refractivity contribution in [1.82, 2.24) is 0 Å². The zero-order chi connectivity index (χ0) is 9.56. The molecule has 1 atom stereocenters. The summed E-state index contributed by atoms with van der Waals surface area (Å²) in [5.41, 5.74) is 6.69. The Kier molecular flexibility index (Phi) is 5.37. The molecule has 0 fully saturated rings. The van der Waals surface area contributed by atoms with Crippen LogP contribution in [0, 0.1) is 0 Å². The van der Waals surface area contributed by atoms with Gasteiger partial charge < -0.3 is 10.5 Å². The third-order valence-electron chi connectivity index (χ3n) is 1.37. The van der Waals surface area contributed by atoms with E-state index < -0.39 is 6.04 Å². The predicted molar refractivity (Wildman–Crippen MR) is 48.7 cm³/mol. The topological polar surface area (TPSA) is 52.3 Å². The Morgan fingerprint density at radius 2 is 2.17 bits per heavy atom. The maximum absolute atomic E-state index is 11.0. The zero-order valence-electron chi connectivity index (χ0n) is 7.96. The molecule has 0 rings (SSSR count). The van der Waals surface area contributed by atoms with Crippen LogP contribution in [0.1, 0.15) is 27.2 Å². The molecule has 2 N–H and O–H groups in total. The summed E-state index contributed by atoms with van der Waals surface area (Å²) in [6.45, 7) is 6.10. The fourth-order valence-electron chi connectivity index (χ4n) is 0.708. The molecule has 12 heavy (non-hydrogen) atoms. The van der Waals surface area contributed by atoms with E-state index in [1.54, 1.807) is 6.92 Å². The Balaban J connectivity index is 3.79.